The third-order valence-corrected chi connectivity index (χ3v) is 2.79. The van der Waals surface area contributed by atoms with Crippen molar-refractivity contribution in [3.05, 3.63) is 34.3 Å². The lowest BCUT2D eigenvalue weighted by Crippen LogP contribution is -2.35. The molecule has 0 saturated carbocycles. The molecule has 0 amide bonds. The summed E-state index contributed by atoms with van der Waals surface area (Å²) in [6.45, 7) is 2.44. The molecule has 1 aromatic rings. The van der Waals surface area contributed by atoms with Gasteiger partial charge in [0, 0.05) is 11.6 Å². The van der Waals surface area contributed by atoms with Gasteiger partial charge in [0.25, 0.3) is 0 Å². The second kappa shape index (κ2) is 4.94. The summed E-state index contributed by atoms with van der Waals surface area (Å²) in [5.74, 6) is 0. The number of ether oxygens (including phenoxy) is 2. The fourth-order valence-corrected chi connectivity index (χ4v) is 1.61. The molecule has 4 heteroatoms. The van der Waals surface area contributed by atoms with Crippen LogP contribution in [0.2, 0.25) is 5.02 Å². The summed E-state index contributed by atoms with van der Waals surface area (Å²) in [4.78, 5) is 0. The fourth-order valence-electron chi connectivity index (χ4n) is 1.35. The van der Waals surface area contributed by atoms with E-state index < -0.39 is 0 Å². The lowest BCUT2D eigenvalue weighted by molar-refractivity contribution is -0.135. The highest BCUT2D eigenvalue weighted by Gasteiger charge is 2.18. The van der Waals surface area contributed by atoms with Crippen molar-refractivity contribution < 1.29 is 9.47 Å². The summed E-state index contributed by atoms with van der Waals surface area (Å²) in [6, 6.07) is 5.82. The van der Waals surface area contributed by atoms with Gasteiger partial charge in [-0.2, -0.15) is 0 Å². The Kier molecular flexibility index (Phi) is 3.59. The standard InChI is InChI=1S/C11H14ClNO2/c12-11-3-8(4-13)1-2-9(11)5-15-10-6-14-7-10/h1-3,10H,4-7,13H2. The van der Waals surface area contributed by atoms with Crippen molar-refractivity contribution in [1.29, 1.82) is 0 Å². The van der Waals surface area contributed by atoms with Gasteiger partial charge in [-0.15, -0.1) is 0 Å². The Labute approximate surface area is 94.1 Å². The maximum absolute atomic E-state index is 6.09. The molecule has 0 aromatic heterocycles. The lowest BCUT2D eigenvalue weighted by atomic mass is 10.1. The molecule has 0 atom stereocenters. The van der Waals surface area contributed by atoms with Crippen LogP contribution in [-0.4, -0.2) is 19.3 Å². The predicted molar refractivity (Wildman–Crippen MR) is 58.7 cm³/mol. The molecule has 1 heterocycles. The molecule has 1 fully saturated rings. The molecule has 0 aliphatic carbocycles. The first kappa shape index (κ1) is 10.9. The van der Waals surface area contributed by atoms with Gasteiger partial charge < -0.3 is 15.2 Å². The molecule has 1 aliphatic rings. The van der Waals surface area contributed by atoms with E-state index in [4.69, 9.17) is 26.8 Å². The minimum absolute atomic E-state index is 0.232. The van der Waals surface area contributed by atoms with Crippen molar-refractivity contribution >= 4 is 11.6 Å². The first-order chi connectivity index (χ1) is 7.29. The van der Waals surface area contributed by atoms with Gasteiger partial charge in [-0.3, -0.25) is 0 Å². The molecule has 2 rings (SSSR count). The Morgan fingerprint density at radius 3 is 2.80 bits per heavy atom. The van der Waals surface area contributed by atoms with Gasteiger partial charge in [-0.25, -0.2) is 0 Å². The van der Waals surface area contributed by atoms with E-state index in [0.29, 0.717) is 26.4 Å². The van der Waals surface area contributed by atoms with Gasteiger partial charge in [-0.1, -0.05) is 23.7 Å². The van der Waals surface area contributed by atoms with E-state index in [0.717, 1.165) is 16.1 Å². The maximum atomic E-state index is 6.09. The number of hydrogen-bond acceptors (Lipinski definition) is 3. The molecule has 0 spiro atoms. The average Bonchev–Trinajstić information content (AvgIpc) is 2.18. The van der Waals surface area contributed by atoms with Crippen LogP contribution in [0.15, 0.2) is 18.2 Å². The van der Waals surface area contributed by atoms with E-state index in [9.17, 15) is 0 Å². The maximum Gasteiger partial charge on any atom is 0.105 e. The van der Waals surface area contributed by atoms with Crippen LogP contribution >= 0.6 is 11.6 Å². The highest BCUT2D eigenvalue weighted by Crippen LogP contribution is 2.20. The number of halogens is 1. The fraction of sp³-hybridized carbons (Fsp3) is 0.455. The van der Waals surface area contributed by atoms with Crippen LogP contribution in [0.3, 0.4) is 0 Å². The van der Waals surface area contributed by atoms with Crippen molar-refractivity contribution in [2.45, 2.75) is 19.3 Å². The van der Waals surface area contributed by atoms with Crippen molar-refractivity contribution in [3.8, 4) is 0 Å². The number of nitrogens with two attached hydrogens (primary N) is 1. The van der Waals surface area contributed by atoms with Crippen LogP contribution in [-0.2, 0) is 22.6 Å². The monoisotopic (exact) mass is 227 g/mol. The van der Waals surface area contributed by atoms with Crippen molar-refractivity contribution in [1.82, 2.24) is 0 Å². The molecule has 0 radical (unpaired) electrons. The molecule has 3 nitrogen and oxygen atoms in total. The summed E-state index contributed by atoms with van der Waals surface area (Å²) in [5, 5.41) is 0.721. The van der Waals surface area contributed by atoms with Gasteiger partial charge in [0.15, 0.2) is 0 Å². The van der Waals surface area contributed by atoms with Crippen molar-refractivity contribution in [2.75, 3.05) is 13.2 Å². The number of benzene rings is 1. The molecule has 1 aromatic carbocycles. The van der Waals surface area contributed by atoms with E-state index in [2.05, 4.69) is 0 Å². The van der Waals surface area contributed by atoms with Crippen LogP contribution in [0.5, 0.6) is 0 Å². The summed E-state index contributed by atoms with van der Waals surface area (Å²) in [6.07, 6.45) is 0.232. The van der Waals surface area contributed by atoms with Gasteiger partial charge in [0.05, 0.1) is 19.8 Å². The van der Waals surface area contributed by atoms with Crippen LogP contribution < -0.4 is 5.73 Å². The van der Waals surface area contributed by atoms with Crippen LogP contribution in [0.1, 0.15) is 11.1 Å². The molecule has 15 heavy (non-hydrogen) atoms. The van der Waals surface area contributed by atoms with E-state index >= 15 is 0 Å². The second-order valence-electron chi connectivity index (χ2n) is 3.60. The summed E-state index contributed by atoms with van der Waals surface area (Å²) in [7, 11) is 0. The lowest BCUT2D eigenvalue weighted by Gasteiger charge is -2.26. The quantitative estimate of drug-likeness (QED) is 0.852. The molecule has 1 saturated heterocycles. The van der Waals surface area contributed by atoms with E-state index in [1.165, 1.54) is 0 Å². The zero-order valence-electron chi connectivity index (χ0n) is 8.41. The second-order valence-corrected chi connectivity index (χ2v) is 4.01. The number of hydrogen-bond donors (Lipinski definition) is 1. The van der Waals surface area contributed by atoms with Gasteiger partial charge >= 0.3 is 0 Å². The summed E-state index contributed by atoms with van der Waals surface area (Å²) in [5.41, 5.74) is 7.55. The van der Waals surface area contributed by atoms with Gasteiger partial charge in [0.2, 0.25) is 0 Å². The first-order valence-corrected chi connectivity index (χ1v) is 5.34. The van der Waals surface area contributed by atoms with Crippen molar-refractivity contribution in [2.24, 2.45) is 5.73 Å². The Hall–Kier alpha value is -0.610. The summed E-state index contributed by atoms with van der Waals surface area (Å²) < 4.78 is 10.6. The minimum Gasteiger partial charge on any atom is -0.376 e. The Morgan fingerprint density at radius 1 is 1.47 bits per heavy atom. The van der Waals surface area contributed by atoms with Crippen LogP contribution in [0.4, 0.5) is 0 Å². The van der Waals surface area contributed by atoms with Crippen LogP contribution in [0, 0.1) is 0 Å². The van der Waals surface area contributed by atoms with E-state index in [1.54, 1.807) is 0 Å². The molecule has 0 unspecified atom stereocenters. The minimum atomic E-state index is 0.232. The van der Waals surface area contributed by atoms with Gasteiger partial charge in [-0.05, 0) is 17.2 Å². The molecular weight excluding hydrogens is 214 g/mol. The largest absolute Gasteiger partial charge is 0.376 e. The van der Waals surface area contributed by atoms with Crippen molar-refractivity contribution in [3.63, 3.8) is 0 Å². The summed E-state index contributed by atoms with van der Waals surface area (Å²) >= 11 is 6.09. The molecule has 1 aliphatic heterocycles. The van der Waals surface area contributed by atoms with E-state index in [-0.39, 0.29) is 6.10 Å². The number of rotatable bonds is 4. The highest BCUT2D eigenvalue weighted by atomic mass is 35.5. The Bertz CT molecular complexity index is 339. The zero-order valence-corrected chi connectivity index (χ0v) is 9.17. The molecule has 0 bridgehead atoms. The molecule has 82 valence electrons. The van der Waals surface area contributed by atoms with Gasteiger partial charge in [0.1, 0.15) is 6.10 Å². The first-order valence-electron chi connectivity index (χ1n) is 4.96. The zero-order chi connectivity index (χ0) is 10.7. The molecule has 2 N–H and O–H groups in total. The SMILES string of the molecule is NCc1ccc(COC2COC2)c(Cl)c1. The van der Waals surface area contributed by atoms with E-state index in [1.807, 2.05) is 18.2 Å². The third kappa shape index (κ3) is 2.69. The van der Waals surface area contributed by atoms with Crippen LogP contribution in [0.25, 0.3) is 0 Å². The Morgan fingerprint density at radius 2 is 2.27 bits per heavy atom. The topological polar surface area (TPSA) is 44.5 Å². The smallest absolute Gasteiger partial charge is 0.105 e. The third-order valence-electron chi connectivity index (χ3n) is 2.44. The normalized spacial score (nSPS) is 16.4. The predicted octanol–water partition coefficient (Wildman–Crippen LogP) is 1.71. The Balaban J connectivity index is 1.95. The molecular formula is C11H14ClNO2. The highest BCUT2D eigenvalue weighted by molar-refractivity contribution is 6.31. The average molecular weight is 228 g/mol.